The second-order valence-corrected chi connectivity index (χ2v) is 12.6. The second-order valence-electron chi connectivity index (χ2n) is 12.6. The van der Waals surface area contributed by atoms with Gasteiger partial charge in [-0.05, 0) is 59.3 Å². The largest absolute Gasteiger partial charge is 0.453 e. The van der Waals surface area contributed by atoms with E-state index in [1.54, 1.807) is 0 Å². The molecule has 0 radical (unpaired) electrons. The molecule has 0 atom stereocenters. The number of hydrogen-bond acceptors (Lipinski definition) is 3. The lowest BCUT2D eigenvalue weighted by atomic mass is 10.0. The standard InChI is InChI=1S/C44H26N4O/c1-2-12-29-27(11-1)21-23-39(48-37-19-9-5-15-32(37)33-16-6-10-20-38(33)48)42(29)44-45-26-41-43(46-44)34-25-28(22-24-40(34)49-41)47-35-17-7-3-13-30(35)31-14-4-8-18-36(31)47/h1-26H. The quantitative estimate of drug-likeness (QED) is 0.196. The lowest BCUT2D eigenvalue weighted by molar-refractivity contribution is 0.666. The Morgan fingerprint density at radius 1 is 0.449 bits per heavy atom. The van der Waals surface area contributed by atoms with Crippen molar-refractivity contribution < 1.29 is 4.42 Å². The highest BCUT2D eigenvalue weighted by Gasteiger charge is 2.21. The van der Waals surface area contributed by atoms with Crippen LogP contribution < -0.4 is 0 Å². The molecule has 11 rings (SSSR count). The van der Waals surface area contributed by atoms with E-state index < -0.39 is 0 Å². The van der Waals surface area contributed by atoms with Gasteiger partial charge >= 0.3 is 0 Å². The van der Waals surface area contributed by atoms with E-state index >= 15 is 0 Å². The smallest absolute Gasteiger partial charge is 0.172 e. The van der Waals surface area contributed by atoms with Gasteiger partial charge in [0.05, 0.1) is 39.5 Å². The van der Waals surface area contributed by atoms with Gasteiger partial charge in [-0.1, -0.05) is 103 Å². The molecule has 0 aliphatic carbocycles. The number of rotatable bonds is 3. The zero-order valence-corrected chi connectivity index (χ0v) is 26.2. The molecule has 0 aliphatic rings. The van der Waals surface area contributed by atoms with Crippen LogP contribution in [-0.4, -0.2) is 19.1 Å². The van der Waals surface area contributed by atoms with Crippen LogP contribution in [0.15, 0.2) is 162 Å². The number of para-hydroxylation sites is 4. The highest BCUT2D eigenvalue weighted by Crippen LogP contribution is 2.40. The molecular formula is C44H26N4O. The van der Waals surface area contributed by atoms with E-state index in [-0.39, 0.29) is 0 Å². The molecular weight excluding hydrogens is 601 g/mol. The average molecular weight is 627 g/mol. The van der Waals surface area contributed by atoms with Crippen LogP contribution in [0.1, 0.15) is 0 Å². The second kappa shape index (κ2) is 9.89. The van der Waals surface area contributed by atoms with E-state index in [2.05, 4.69) is 161 Å². The predicted octanol–water partition coefficient (Wildman–Crippen LogP) is 11.4. The van der Waals surface area contributed by atoms with Gasteiger partial charge < -0.3 is 13.6 Å². The van der Waals surface area contributed by atoms with Crippen LogP contribution in [-0.2, 0) is 0 Å². The first-order valence-corrected chi connectivity index (χ1v) is 16.5. The lowest BCUT2D eigenvalue weighted by Crippen LogP contribution is -2.00. The van der Waals surface area contributed by atoms with Crippen molar-refractivity contribution >= 4 is 76.5 Å². The number of benzene rings is 7. The molecule has 5 heteroatoms. The Morgan fingerprint density at radius 2 is 1.00 bits per heavy atom. The molecule has 5 nitrogen and oxygen atoms in total. The fraction of sp³-hybridized carbons (Fsp3) is 0. The lowest BCUT2D eigenvalue weighted by Gasteiger charge is -2.15. The number of fused-ring (bicyclic) bond motifs is 10. The summed E-state index contributed by atoms with van der Waals surface area (Å²) in [5, 5.41) is 8.08. The van der Waals surface area contributed by atoms with Crippen molar-refractivity contribution in [3.63, 3.8) is 0 Å². The first-order valence-electron chi connectivity index (χ1n) is 16.5. The van der Waals surface area contributed by atoms with Gasteiger partial charge in [-0.3, -0.25) is 0 Å². The molecule has 49 heavy (non-hydrogen) atoms. The highest BCUT2D eigenvalue weighted by molar-refractivity contribution is 6.12. The third kappa shape index (κ3) is 3.70. The minimum Gasteiger partial charge on any atom is -0.453 e. The topological polar surface area (TPSA) is 48.8 Å². The minimum absolute atomic E-state index is 0.658. The molecule has 228 valence electrons. The van der Waals surface area contributed by atoms with E-state index in [4.69, 9.17) is 14.4 Å². The van der Waals surface area contributed by atoms with Crippen LogP contribution >= 0.6 is 0 Å². The van der Waals surface area contributed by atoms with Crippen LogP contribution in [0.5, 0.6) is 0 Å². The molecule has 11 aromatic rings. The molecule has 4 aromatic heterocycles. The molecule has 0 aliphatic heterocycles. The van der Waals surface area contributed by atoms with E-state index in [0.29, 0.717) is 11.4 Å². The van der Waals surface area contributed by atoms with Crippen molar-refractivity contribution in [2.24, 2.45) is 0 Å². The van der Waals surface area contributed by atoms with Crippen molar-refractivity contribution in [3.05, 3.63) is 158 Å². The molecule has 0 N–H and O–H groups in total. The number of hydrogen-bond donors (Lipinski definition) is 0. The maximum Gasteiger partial charge on any atom is 0.172 e. The Hall–Kier alpha value is -6.72. The third-order valence-electron chi connectivity index (χ3n) is 9.98. The zero-order valence-electron chi connectivity index (χ0n) is 26.2. The summed E-state index contributed by atoms with van der Waals surface area (Å²) < 4.78 is 11.0. The molecule has 7 aromatic carbocycles. The van der Waals surface area contributed by atoms with Gasteiger partial charge in [-0.2, -0.15) is 0 Å². The Labute approximate surface area is 279 Å². The van der Waals surface area contributed by atoms with Gasteiger partial charge in [0.15, 0.2) is 11.4 Å². The van der Waals surface area contributed by atoms with Gasteiger partial charge in [0, 0.05) is 32.6 Å². The molecule has 4 heterocycles. The van der Waals surface area contributed by atoms with Gasteiger partial charge in [0.2, 0.25) is 0 Å². The predicted molar refractivity (Wildman–Crippen MR) is 201 cm³/mol. The number of nitrogens with zero attached hydrogens (tertiary/aromatic N) is 4. The van der Waals surface area contributed by atoms with E-state index in [1.165, 1.54) is 21.5 Å². The Balaban J connectivity index is 1.19. The average Bonchev–Trinajstić information content (AvgIpc) is 3.81. The summed E-state index contributed by atoms with van der Waals surface area (Å²) in [4.78, 5) is 10.3. The van der Waals surface area contributed by atoms with Crippen LogP contribution in [0.25, 0.3) is 99.2 Å². The normalized spacial score (nSPS) is 12.1. The van der Waals surface area contributed by atoms with Crippen molar-refractivity contribution in [2.45, 2.75) is 0 Å². The Morgan fingerprint density at radius 3 is 1.63 bits per heavy atom. The molecule has 0 saturated carbocycles. The fourth-order valence-electron chi connectivity index (χ4n) is 7.87. The van der Waals surface area contributed by atoms with E-state index in [9.17, 15) is 0 Å². The number of furan rings is 1. The fourth-order valence-corrected chi connectivity index (χ4v) is 7.87. The summed E-state index contributed by atoms with van der Waals surface area (Å²) in [5.41, 5.74) is 9.94. The summed E-state index contributed by atoms with van der Waals surface area (Å²) in [6, 6.07) is 53.6. The summed E-state index contributed by atoms with van der Waals surface area (Å²) in [5.74, 6) is 0.658. The van der Waals surface area contributed by atoms with Crippen LogP contribution in [0.3, 0.4) is 0 Å². The van der Waals surface area contributed by atoms with Crippen molar-refractivity contribution in [2.75, 3.05) is 0 Å². The maximum absolute atomic E-state index is 6.36. The van der Waals surface area contributed by atoms with Crippen LogP contribution in [0, 0.1) is 0 Å². The first kappa shape index (κ1) is 26.4. The first-order chi connectivity index (χ1) is 24.3. The highest BCUT2D eigenvalue weighted by atomic mass is 16.3. The minimum atomic E-state index is 0.658. The van der Waals surface area contributed by atoms with Gasteiger partial charge in [0.25, 0.3) is 0 Å². The van der Waals surface area contributed by atoms with Crippen molar-refractivity contribution in [3.8, 4) is 22.8 Å². The zero-order chi connectivity index (χ0) is 32.1. The van der Waals surface area contributed by atoms with Gasteiger partial charge in [0.1, 0.15) is 11.1 Å². The van der Waals surface area contributed by atoms with E-state index in [0.717, 1.165) is 66.3 Å². The van der Waals surface area contributed by atoms with E-state index in [1.807, 2.05) is 6.20 Å². The molecule has 0 bridgehead atoms. The van der Waals surface area contributed by atoms with Gasteiger partial charge in [-0.15, -0.1) is 0 Å². The van der Waals surface area contributed by atoms with Crippen molar-refractivity contribution in [1.82, 2.24) is 19.1 Å². The van der Waals surface area contributed by atoms with Gasteiger partial charge in [-0.25, -0.2) is 9.97 Å². The molecule has 0 spiro atoms. The molecule has 0 saturated heterocycles. The molecule has 0 fully saturated rings. The Bertz CT molecular complexity index is 3020. The summed E-state index contributed by atoms with van der Waals surface area (Å²) >= 11 is 0. The Kier molecular flexibility index (Phi) is 5.32. The summed E-state index contributed by atoms with van der Waals surface area (Å²) in [7, 11) is 0. The monoisotopic (exact) mass is 626 g/mol. The van der Waals surface area contributed by atoms with Crippen LogP contribution in [0.2, 0.25) is 0 Å². The summed E-state index contributed by atoms with van der Waals surface area (Å²) in [6.07, 6.45) is 1.83. The molecule has 0 unspecified atom stereocenters. The number of aromatic nitrogens is 4. The van der Waals surface area contributed by atoms with Crippen LogP contribution in [0.4, 0.5) is 0 Å². The third-order valence-corrected chi connectivity index (χ3v) is 9.98. The maximum atomic E-state index is 6.36. The molecule has 0 amide bonds. The van der Waals surface area contributed by atoms with Crippen molar-refractivity contribution in [1.29, 1.82) is 0 Å². The summed E-state index contributed by atoms with van der Waals surface area (Å²) in [6.45, 7) is 0. The SMILES string of the molecule is c1ccc2c(-c3ncc4oc5ccc(-n6c7ccccc7c7ccccc76)cc5c4n3)c(-n3c4ccccc4c4ccccc43)ccc2c1.